The van der Waals surface area contributed by atoms with Crippen LogP contribution in [0.3, 0.4) is 0 Å². The number of rotatable bonds is 6. The molecule has 5 nitrogen and oxygen atoms in total. The Bertz CT molecular complexity index is 998. The standard InChI is InChI=1S/C26H33N3O2S/c1-18-7-5-9-22(15-18)26-27-23(21(4)31-26)16-32-17-25(30)29-13-11-28(12-14-29)24-10-6-8-19(2)20(24)3/h5-10,15,21,23H,11-14,16-17H2,1-4H3. The predicted octanol–water partition coefficient (Wildman–Crippen LogP) is 4.23. The first-order valence-electron chi connectivity index (χ1n) is 11.4. The van der Waals surface area contributed by atoms with E-state index in [9.17, 15) is 4.79 Å². The minimum atomic E-state index is 0.0363. The minimum Gasteiger partial charge on any atom is -0.472 e. The smallest absolute Gasteiger partial charge is 0.232 e. The van der Waals surface area contributed by atoms with Gasteiger partial charge in [-0.2, -0.15) is 0 Å². The molecular formula is C26H33N3O2S. The normalized spacial score (nSPS) is 20.8. The number of anilines is 1. The van der Waals surface area contributed by atoms with Crippen LogP contribution in [0, 0.1) is 20.8 Å². The Balaban J connectivity index is 1.25. The molecule has 0 aliphatic carbocycles. The van der Waals surface area contributed by atoms with Crippen molar-refractivity contribution in [3.05, 3.63) is 64.7 Å². The number of nitrogens with zero attached hydrogens (tertiary/aromatic N) is 3. The van der Waals surface area contributed by atoms with Gasteiger partial charge in [-0.05, 0) is 57.0 Å². The maximum Gasteiger partial charge on any atom is 0.232 e. The monoisotopic (exact) mass is 451 g/mol. The Morgan fingerprint density at radius 3 is 2.59 bits per heavy atom. The van der Waals surface area contributed by atoms with E-state index in [4.69, 9.17) is 9.73 Å². The highest BCUT2D eigenvalue weighted by Crippen LogP contribution is 2.25. The molecule has 1 fully saturated rings. The number of thioether (sulfide) groups is 1. The SMILES string of the molecule is Cc1cccc(C2=NC(CSCC(=O)N3CCN(c4cccc(C)c4C)CC3)C(C)O2)c1. The van der Waals surface area contributed by atoms with Crippen LogP contribution in [0.4, 0.5) is 5.69 Å². The van der Waals surface area contributed by atoms with Gasteiger partial charge in [0, 0.05) is 43.2 Å². The van der Waals surface area contributed by atoms with Crippen molar-refractivity contribution in [1.29, 1.82) is 0 Å². The van der Waals surface area contributed by atoms with E-state index >= 15 is 0 Å². The van der Waals surface area contributed by atoms with Gasteiger partial charge in [0.1, 0.15) is 6.10 Å². The number of aliphatic imine (C=N–C) groups is 1. The largest absolute Gasteiger partial charge is 0.472 e. The third-order valence-electron chi connectivity index (χ3n) is 6.45. The molecule has 2 aliphatic heterocycles. The zero-order valence-electron chi connectivity index (χ0n) is 19.5. The lowest BCUT2D eigenvalue weighted by atomic mass is 10.1. The van der Waals surface area contributed by atoms with Crippen molar-refractivity contribution in [3.8, 4) is 0 Å². The molecule has 0 aromatic heterocycles. The molecule has 2 aliphatic rings. The summed E-state index contributed by atoms with van der Waals surface area (Å²) < 4.78 is 6.00. The number of aryl methyl sites for hydroxylation is 2. The van der Waals surface area contributed by atoms with E-state index in [-0.39, 0.29) is 18.1 Å². The molecule has 32 heavy (non-hydrogen) atoms. The average molecular weight is 452 g/mol. The first-order valence-corrected chi connectivity index (χ1v) is 12.6. The van der Waals surface area contributed by atoms with Crippen molar-refractivity contribution in [1.82, 2.24) is 4.90 Å². The van der Waals surface area contributed by atoms with Gasteiger partial charge >= 0.3 is 0 Å². The number of benzene rings is 2. The molecule has 2 atom stereocenters. The first-order chi connectivity index (χ1) is 15.4. The summed E-state index contributed by atoms with van der Waals surface area (Å²) in [6.45, 7) is 11.8. The summed E-state index contributed by atoms with van der Waals surface area (Å²) >= 11 is 1.67. The van der Waals surface area contributed by atoms with Crippen LogP contribution in [0.25, 0.3) is 0 Å². The Morgan fingerprint density at radius 2 is 1.84 bits per heavy atom. The fraction of sp³-hybridized carbons (Fsp3) is 0.462. The molecule has 1 amide bonds. The van der Waals surface area contributed by atoms with Crippen molar-refractivity contribution < 1.29 is 9.53 Å². The van der Waals surface area contributed by atoms with Crippen molar-refractivity contribution in [2.24, 2.45) is 4.99 Å². The molecule has 0 radical (unpaired) electrons. The molecule has 6 heteroatoms. The first kappa shape index (κ1) is 22.7. The van der Waals surface area contributed by atoms with Crippen molar-refractivity contribution in [2.45, 2.75) is 39.8 Å². The summed E-state index contributed by atoms with van der Waals surface area (Å²) in [6, 6.07) is 14.8. The van der Waals surface area contributed by atoms with Gasteiger partial charge in [0.2, 0.25) is 11.8 Å². The van der Waals surface area contributed by atoms with Crippen LogP contribution < -0.4 is 4.90 Å². The summed E-state index contributed by atoms with van der Waals surface area (Å²) in [7, 11) is 0. The Kier molecular flexibility index (Phi) is 7.09. The molecular weight excluding hydrogens is 418 g/mol. The van der Waals surface area contributed by atoms with Crippen LogP contribution >= 0.6 is 11.8 Å². The zero-order chi connectivity index (χ0) is 22.7. The van der Waals surface area contributed by atoms with Gasteiger partial charge in [-0.15, -0.1) is 11.8 Å². The van der Waals surface area contributed by atoms with E-state index < -0.39 is 0 Å². The van der Waals surface area contributed by atoms with Crippen molar-refractivity contribution in [3.63, 3.8) is 0 Å². The number of hydrogen-bond donors (Lipinski definition) is 0. The van der Waals surface area contributed by atoms with Crippen molar-refractivity contribution in [2.75, 3.05) is 42.6 Å². The minimum absolute atomic E-state index is 0.0363. The summed E-state index contributed by atoms with van der Waals surface area (Å²) in [4.78, 5) is 22.0. The van der Waals surface area contributed by atoms with Gasteiger partial charge in [-0.3, -0.25) is 4.79 Å². The van der Waals surface area contributed by atoms with Gasteiger partial charge in [0.15, 0.2) is 0 Å². The summed E-state index contributed by atoms with van der Waals surface area (Å²) in [5, 5.41) is 0. The second kappa shape index (κ2) is 9.99. The highest BCUT2D eigenvalue weighted by molar-refractivity contribution is 8.00. The molecule has 1 saturated heterocycles. The highest BCUT2D eigenvalue weighted by atomic mass is 32.2. The lowest BCUT2D eigenvalue weighted by molar-refractivity contribution is -0.128. The lowest BCUT2D eigenvalue weighted by Gasteiger charge is -2.37. The fourth-order valence-corrected chi connectivity index (χ4v) is 5.33. The second-order valence-corrected chi connectivity index (χ2v) is 9.83. The van der Waals surface area contributed by atoms with Crippen LogP contribution in [-0.2, 0) is 9.53 Å². The summed E-state index contributed by atoms with van der Waals surface area (Å²) in [5.41, 5.74) is 6.17. The molecule has 4 rings (SSSR count). The van der Waals surface area contributed by atoms with Gasteiger partial charge < -0.3 is 14.5 Å². The molecule has 0 spiro atoms. The van der Waals surface area contributed by atoms with Crippen LogP contribution in [0.1, 0.15) is 29.2 Å². The molecule has 2 heterocycles. The van der Waals surface area contributed by atoms with Crippen LogP contribution in [0.5, 0.6) is 0 Å². The quantitative estimate of drug-likeness (QED) is 0.659. The maximum absolute atomic E-state index is 12.8. The number of amides is 1. The maximum atomic E-state index is 12.8. The Labute approximate surface area is 195 Å². The van der Waals surface area contributed by atoms with Crippen LogP contribution in [-0.4, -0.2) is 66.5 Å². The zero-order valence-corrected chi connectivity index (χ0v) is 20.3. The van der Waals surface area contributed by atoms with E-state index in [1.807, 2.05) is 17.0 Å². The van der Waals surface area contributed by atoms with Gasteiger partial charge in [-0.25, -0.2) is 4.99 Å². The third kappa shape index (κ3) is 5.12. The topological polar surface area (TPSA) is 45.1 Å². The van der Waals surface area contributed by atoms with Crippen molar-refractivity contribution >= 4 is 29.3 Å². The molecule has 2 aromatic rings. The number of hydrogen-bond acceptors (Lipinski definition) is 5. The molecule has 0 saturated carbocycles. The molecule has 0 bridgehead atoms. The fourth-order valence-electron chi connectivity index (χ4n) is 4.27. The summed E-state index contributed by atoms with van der Waals surface area (Å²) in [6.07, 6.45) is 0.0363. The number of carbonyl (C=O) groups is 1. The van der Waals surface area contributed by atoms with Crippen LogP contribution in [0.15, 0.2) is 47.5 Å². The highest BCUT2D eigenvalue weighted by Gasteiger charge is 2.29. The van der Waals surface area contributed by atoms with E-state index in [1.165, 1.54) is 22.4 Å². The number of piperazine rings is 1. The Morgan fingerprint density at radius 1 is 1.09 bits per heavy atom. The van der Waals surface area contributed by atoms with Gasteiger partial charge in [0.25, 0.3) is 0 Å². The predicted molar refractivity (Wildman–Crippen MR) is 134 cm³/mol. The molecule has 170 valence electrons. The van der Waals surface area contributed by atoms with Crippen LogP contribution in [0.2, 0.25) is 0 Å². The molecule has 2 aromatic carbocycles. The number of ether oxygens (including phenoxy) is 1. The number of carbonyl (C=O) groups excluding carboxylic acids is 1. The van der Waals surface area contributed by atoms with E-state index in [2.05, 4.69) is 62.9 Å². The van der Waals surface area contributed by atoms with Gasteiger partial charge in [0.05, 0.1) is 11.8 Å². The van der Waals surface area contributed by atoms with E-state index in [0.717, 1.165) is 43.4 Å². The second-order valence-electron chi connectivity index (χ2n) is 8.80. The Hall–Kier alpha value is -2.47. The third-order valence-corrected chi connectivity index (χ3v) is 7.48. The van der Waals surface area contributed by atoms with E-state index in [0.29, 0.717) is 5.75 Å². The summed E-state index contributed by atoms with van der Waals surface area (Å²) in [5.74, 6) is 2.25. The van der Waals surface area contributed by atoms with E-state index in [1.54, 1.807) is 11.8 Å². The molecule has 2 unspecified atom stereocenters. The van der Waals surface area contributed by atoms with Gasteiger partial charge in [-0.1, -0.05) is 29.8 Å². The average Bonchev–Trinajstić information content (AvgIpc) is 3.16. The lowest BCUT2D eigenvalue weighted by Crippen LogP contribution is -2.49. The molecule has 0 N–H and O–H groups in total.